The minimum Gasteiger partial charge on any atom is -0.492 e. The van der Waals surface area contributed by atoms with E-state index in [9.17, 15) is 0 Å². The molecule has 0 amide bonds. The number of nitrogen functional groups attached to an aromatic ring is 1. The van der Waals surface area contributed by atoms with Crippen molar-refractivity contribution < 1.29 is 4.74 Å². The summed E-state index contributed by atoms with van der Waals surface area (Å²) in [6.07, 6.45) is 7.28. The Kier molecular flexibility index (Phi) is 9.60. The molecule has 6 nitrogen and oxygen atoms in total. The van der Waals surface area contributed by atoms with Gasteiger partial charge < -0.3 is 10.5 Å². The fourth-order valence-corrected chi connectivity index (χ4v) is 4.11. The lowest BCUT2D eigenvalue weighted by Crippen LogP contribution is -1.97. The molecule has 2 N–H and O–H groups in total. The number of fused-ring (bicyclic) bond motifs is 1. The highest BCUT2D eigenvalue weighted by atomic mass is 35.5. The molecule has 4 aromatic carbocycles. The Labute approximate surface area is 223 Å². The number of rotatable bonds is 12. The average Bonchev–Trinajstić information content (AvgIpc) is 2.93. The molecule has 0 radical (unpaired) electrons. The van der Waals surface area contributed by atoms with Gasteiger partial charge in [-0.3, -0.25) is 0 Å². The SMILES string of the molecule is CCCCCCCCOc1cc(N=Nc2ccc(N=Nc3ccc(N)c4ccccc34)cc2)ccc1Cl. The number of anilines is 1. The van der Waals surface area contributed by atoms with Gasteiger partial charge in [-0.1, -0.05) is 74.9 Å². The lowest BCUT2D eigenvalue weighted by Gasteiger charge is -2.08. The average molecular weight is 514 g/mol. The third kappa shape index (κ3) is 7.61. The highest BCUT2D eigenvalue weighted by Crippen LogP contribution is 2.33. The third-order valence-electron chi connectivity index (χ3n) is 6.01. The molecule has 0 atom stereocenters. The molecular weight excluding hydrogens is 482 g/mol. The van der Waals surface area contributed by atoms with Crippen LogP contribution < -0.4 is 10.5 Å². The first-order chi connectivity index (χ1) is 18.1. The molecule has 0 aliphatic heterocycles. The van der Waals surface area contributed by atoms with Crippen molar-refractivity contribution in [2.24, 2.45) is 20.5 Å². The number of nitrogens with zero attached hydrogens (tertiary/aromatic N) is 4. The summed E-state index contributed by atoms with van der Waals surface area (Å²) in [5, 5.41) is 20.0. The highest BCUT2D eigenvalue weighted by molar-refractivity contribution is 6.32. The number of azo groups is 2. The second-order valence-electron chi connectivity index (χ2n) is 8.87. The van der Waals surface area contributed by atoms with Crippen molar-refractivity contribution in [3.8, 4) is 5.75 Å². The molecule has 37 heavy (non-hydrogen) atoms. The van der Waals surface area contributed by atoms with Crippen molar-refractivity contribution >= 4 is 50.8 Å². The van der Waals surface area contributed by atoms with Gasteiger partial charge in [-0.2, -0.15) is 15.3 Å². The molecule has 4 rings (SSSR count). The molecular formula is C30H32ClN5O. The molecule has 0 aliphatic rings. The van der Waals surface area contributed by atoms with Gasteiger partial charge in [-0.15, -0.1) is 5.11 Å². The molecule has 0 saturated carbocycles. The van der Waals surface area contributed by atoms with Gasteiger partial charge >= 0.3 is 0 Å². The van der Waals surface area contributed by atoms with Crippen LogP contribution in [0.4, 0.5) is 28.4 Å². The predicted molar refractivity (Wildman–Crippen MR) is 153 cm³/mol. The smallest absolute Gasteiger partial charge is 0.140 e. The van der Waals surface area contributed by atoms with Gasteiger partial charge in [0, 0.05) is 22.5 Å². The Balaban J connectivity index is 1.35. The van der Waals surface area contributed by atoms with Crippen LogP contribution in [0.25, 0.3) is 10.8 Å². The van der Waals surface area contributed by atoms with E-state index >= 15 is 0 Å². The summed E-state index contributed by atoms with van der Waals surface area (Å²) in [6, 6.07) is 24.5. The maximum absolute atomic E-state index is 6.30. The van der Waals surface area contributed by atoms with Gasteiger partial charge in [-0.25, -0.2) is 0 Å². The van der Waals surface area contributed by atoms with Gasteiger partial charge in [0.05, 0.1) is 34.4 Å². The summed E-state index contributed by atoms with van der Waals surface area (Å²) in [5.74, 6) is 0.637. The van der Waals surface area contributed by atoms with E-state index in [1.165, 1.54) is 32.1 Å². The fourth-order valence-electron chi connectivity index (χ4n) is 3.94. The predicted octanol–water partition coefficient (Wildman–Crippen LogP) is 10.6. The van der Waals surface area contributed by atoms with E-state index in [4.69, 9.17) is 22.1 Å². The Morgan fingerprint density at radius 2 is 1.30 bits per heavy atom. The number of benzene rings is 4. The van der Waals surface area contributed by atoms with Crippen LogP contribution in [0.3, 0.4) is 0 Å². The lowest BCUT2D eigenvalue weighted by molar-refractivity contribution is 0.304. The molecule has 0 unspecified atom stereocenters. The van der Waals surface area contributed by atoms with Crippen molar-refractivity contribution in [2.75, 3.05) is 12.3 Å². The number of ether oxygens (including phenoxy) is 1. The summed E-state index contributed by atoms with van der Waals surface area (Å²) in [5.41, 5.74) is 9.68. The van der Waals surface area contributed by atoms with Crippen molar-refractivity contribution in [3.05, 3.63) is 83.9 Å². The van der Waals surface area contributed by atoms with E-state index in [0.717, 1.165) is 34.3 Å². The zero-order valence-electron chi connectivity index (χ0n) is 21.1. The Morgan fingerprint density at radius 3 is 2.05 bits per heavy atom. The number of hydrogen-bond donors (Lipinski definition) is 1. The van der Waals surface area contributed by atoms with Crippen LogP contribution in [-0.4, -0.2) is 6.61 Å². The minimum atomic E-state index is 0.577. The normalized spacial score (nSPS) is 11.6. The van der Waals surface area contributed by atoms with Gasteiger partial charge in [0.25, 0.3) is 0 Å². The quantitative estimate of drug-likeness (QED) is 0.116. The number of hydrogen-bond acceptors (Lipinski definition) is 6. The number of halogens is 1. The zero-order chi connectivity index (χ0) is 25.9. The molecule has 0 aliphatic carbocycles. The van der Waals surface area contributed by atoms with Gasteiger partial charge in [-0.05, 0) is 55.0 Å². The van der Waals surface area contributed by atoms with Crippen LogP contribution in [-0.2, 0) is 0 Å². The molecule has 0 heterocycles. The maximum Gasteiger partial charge on any atom is 0.140 e. The van der Waals surface area contributed by atoms with Crippen LogP contribution in [0.1, 0.15) is 45.4 Å². The second kappa shape index (κ2) is 13.5. The molecule has 0 saturated heterocycles. The first-order valence-electron chi connectivity index (χ1n) is 12.8. The second-order valence-corrected chi connectivity index (χ2v) is 9.27. The van der Waals surface area contributed by atoms with E-state index in [0.29, 0.717) is 28.8 Å². The fraction of sp³-hybridized carbons (Fsp3) is 0.267. The lowest BCUT2D eigenvalue weighted by atomic mass is 10.1. The molecule has 0 spiro atoms. The van der Waals surface area contributed by atoms with Crippen molar-refractivity contribution in [1.82, 2.24) is 0 Å². The van der Waals surface area contributed by atoms with E-state index in [-0.39, 0.29) is 0 Å². The van der Waals surface area contributed by atoms with E-state index in [1.807, 2.05) is 72.8 Å². The third-order valence-corrected chi connectivity index (χ3v) is 6.32. The standard InChI is InChI=1S/C30H32ClN5O/c1-2-3-4-5-6-9-20-37-30-21-24(16-17-27(30)31)35-33-22-12-14-23(15-13-22)34-36-29-19-18-28(32)25-10-7-8-11-26(25)29/h7-8,10-19,21H,2-6,9,20,32H2,1H3. The van der Waals surface area contributed by atoms with E-state index < -0.39 is 0 Å². The zero-order valence-corrected chi connectivity index (χ0v) is 21.9. The summed E-state index contributed by atoms with van der Waals surface area (Å²) in [6.45, 7) is 2.87. The van der Waals surface area contributed by atoms with Gasteiger partial charge in [0.1, 0.15) is 5.75 Å². The minimum absolute atomic E-state index is 0.577. The van der Waals surface area contributed by atoms with E-state index in [1.54, 1.807) is 6.07 Å². The molecule has 7 heteroatoms. The van der Waals surface area contributed by atoms with Crippen molar-refractivity contribution in [3.63, 3.8) is 0 Å². The Bertz CT molecular complexity index is 1370. The van der Waals surface area contributed by atoms with Crippen LogP contribution in [0.2, 0.25) is 5.02 Å². The summed E-state index contributed by atoms with van der Waals surface area (Å²) < 4.78 is 5.89. The van der Waals surface area contributed by atoms with E-state index in [2.05, 4.69) is 27.4 Å². The molecule has 190 valence electrons. The first-order valence-corrected chi connectivity index (χ1v) is 13.1. The van der Waals surface area contributed by atoms with Gasteiger partial charge in [0.2, 0.25) is 0 Å². The van der Waals surface area contributed by atoms with Crippen LogP contribution in [0.15, 0.2) is 99.3 Å². The monoisotopic (exact) mass is 513 g/mol. The molecule has 0 aromatic heterocycles. The van der Waals surface area contributed by atoms with Crippen LogP contribution in [0.5, 0.6) is 5.75 Å². The first kappa shape index (κ1) is 26.3. The molecule has 4 aromatic rings. The Hall–Kier alpha value is -3.77. The summed E-state index contributed by atoms with van der Waals surface area (Å²) >= 11 is 6.30. The van der Waals surface area contributed by atoms with Crippen molar-refractivity contribution in [2.45, 2.75) is 45.4 Å². The maximum atomic E-state index is 6.30. The Morgan fingerprint density at radius 1 is 0.676 bits per heavy atom. The topological polar surface area (TPSA) is 84.7 Å². The number of nitrogens with two attached hydrogens (primary N) is 1. The van der Waals surface area contributed by atoms with Crippen LogP contribution >= 0.6 is 11.6 Å². The molecule has 0 fully saturated rings. The van der Waals surface area contributed by atoms with Gasteiger partial charge in [0.15, 0.2) is 0 Å². The largest absolute Gasteiger partial charge is 0.492 e. The highest BCUT2D eigenvalue weighted by Gasteiger charge is 2.05. The summed E-state index contributed by atoms with van der Waals surface area (Å²) in [4.78, 5) is 0. The number of unbranched alkanes of at least 4 members (excludes halogenated alkanes) is 5. The summed E-state index contributed by atoms with van der Waals surface area (Å²) in [7, 11) is 0. The molecule has 0 bridgehead atoms. The van der Waals surface area contributed by atoms with Crippen LogP contribution in [0, 0.1) is 0 Å². The van der Waals surface area contributed by atoms with Crippen molar-refractivity contribution in [1.29, 1.82) is 0 Å².